The fourth-order valence-electron chi connectivity index (χ4n) is 9.25. The Kier molecular flexibility index (Phi) is 6.23. The van der Waals surface area contributed by atoms with Gasteiger partial charge in [-0.1, -0.05) is 170 Å². The minimum atomic E-state index is -0.418. The summed E-state index contributed by atoms with van der Waals surface area (Å²) in [6, 6.07) is 74.0. The highest BCUT2D eigenvalue weighted by Gasteiger charge is 2.46. The van der Waals surface area contributed by atoms with Crippen LogP contribution in [0.4, 0.5) is 0 Å². The Bertz CT molecular complexity index is 2850. The molecule has 1 aromatic heterocycles. The normalized spacial score (nSPS) is 13.2. The van der Waals surface area contributed by atoms with Gasteiger partial charge >= 0.3 is 0 Å². The maximum absolute atomic E-state index is 2.45. The summed E-state index contributed by atoms with van der Waals surface area (Å²) in [6.07, 6.45) is 0. The van der Waals surface area contributed by atoms with Crippen LogP contribution < -0.4 is 0 Å². The third kappa shape index (κ3) is 3.99. The highest BCUT2D eigenvalue weighted by molar-refractivity contribution is 6.28. The predicted molar refractivity (Wildman–Crippen MR) is 219 cm³/mol. The van der Waals surface area contributed by atoms with Gasteiger partial charge in [0.05, 0.1) is 16.4 Å². The maximum atomic E-state index is 2.45. The van der Waals surface area contributed by atoms with Gasteiger partial charge in [-0.2, -0.15) is 0 Å². The summed E-state index contributed by atoms with van der Waals surface area (Å²) in [5.74, 6) is 0. The van der Waals surface area contributed by atoms with Gasteiger partial charge in [-0.05, 0) is 96.4 Å². The first-order chi connectivity index (χ1) is 25.8. The van der Waals surface area contributed by atoms with E-state index >= 15 is 0 Å². The van der Waals surface area contributed by atoms with Gasteiger partial charge in [0.15, 0.2) is 0 Å². The molecule has 9 aromatic carbocycles. The van der Waals surface area contributed by atoms with Crippen molar-refractivity contribution < 1.29 is 0 Å². The van der Waals surface area contributed by atoms with E-state index in [1.807, 2.05) is 0 Å². The molecule has 1 heteroatoms. The smallest absolute Gasteiger partial charge is 0.0713 e. The first-order valence-corrected chi connectivity index (χ1v) is 18.1. The van der Waals surface area contributed by atoms with Crippen molar-refractivity contribution in [2.24, 2.45) is 0 Å². The maximum Gasteiger partial charge on any atom is 0.0713 e. The number of nitrogens with zero attached hydrogens (tertiary/aromatic N) is 1. The molecule has 0 aliphatic heterocycles. The minimum absolute atomic E-state index is 0.418. The molecule has 0 amide bonds. The Morgan fingerprint density at radius 1 is 0.346 bits per heavy atom. The first kappa shape index (κ1) is 29.1. The third-order valence-corrected chi connectivity index (χ3v) is 11.5. The molecule has 0 radical (unpaired) electrons. The van der Waals surface area contributed by atoms with Crippen molar-refractivity contribution >= 4 is 43.4 Å². The molecule has 0 unspecified atom stereocenters. The van der Waals surface area contributed by atoms with E-state index in [9.17, 15) is 0 Å². The lowest BCUT2D eigenvalue weighted by atomic mass is 9.67. The molecule has 0 spiro atoms. The molecule has 0 atom stereocenters. The Morgan fingerprint density at radius 3 is 1.46 bits per heavy atom. The highest BCUT2D eigenvalue weighted by atomic mass is 15.0. The molecule has 1 heterocycles. The van der Waals surface area contributed by atoms with Gasteiger partial charge in [0.1, 0.15) is 0 Å². The zero-order chi connectivity index (χ0) is 34.2. The Morgan fingerprint density at radius 2 is 0.846 bits per heavy atom. The molecule has 0 bridgehead atoms. The van der Waals surface area contributed by atoms with Crippen molar-refractivity contribution in [1.82, 2.24) is 4.57 Å². The second-order valence-electron chi connectivity index (χ2n) is 14.0. The lowest BCUT2D eigenvalue weighted by Gasteiger charge is -2.34. The molecule has 0 fully saturated rings. The van der Waals surface area contributed by atoms with Gasteiger partial charge < -0.3 is 4.57 Å². The van der Waals surface area contributed by atoms with Crippen LogP contribution in [0.15, 0.2) is 200 Å². The molecule has 52 heavy (non-hydrogen) atoms. The number of fused-ring (bicyclic) bond motifs is 10. The van der Waals surface area contributed by atoms with E-state index in [2.05, 4.69) is 205 Å². The van der Waals surface area contributed by atoms with Crippen LogP contribution in [-0.4, -0.2) is 4.57 Å². The predicted octanol–water partition coefficient (Wildman–Crippen LogP) is 13.1. The van der Waals surface area contributed by atoms with Gasteiger partial charge in [0, 0.05) is 16.5 Å². The molecule has 1 aliphatic carbocycles. The molecule has 1 nitrogen and oxygen atoms in total. The van der Waals surface area contributed by atoms with Crippen molar-refractivity contribution in [3.63, 3.8) is 0 Å². The topological polar surface area (TPSA) is 4.93 Å². The van der Waals surface area contributed by atoms with Crippen LogP contribution in [0.1, 0.15) is 22.3 Å². The standard InChI is InChI=1S/C51H33N/c1-3-15-38(16-4-1)51(39-17-5-2-6-18-39)45-22-12-11-21-43(45)44-30-25-37(33-46(44)51)34-23-28-40(29-24-34)52-47-31-26-35-13-7-9-19-41(35)49(47)50-42-20-10-8-14-36(42)27-32-48(50)52/h1-33H. The minimum Gasteiger partial charge on any atom is -0.309 e. The zero-order valence-corrected chi connectivity index (χ0v) is 28.5. The van der Waals surface area contributed by atoms with Crippen LogP contribution in [0.25, 0.3) is 71.3 Å². The van der Waals surface area contributed by atoms with Crippen LogP contribution in [-0.2, 0) is 5.41 Å². The van der Waals surface area contributed by atoms with E-state index in [1.54, 1.807) is 0 Å². The SMILES string of the molecule is c1ccc(C2(c3ccccc3)c3ccccc3-c3ccc(-c4ccc(-n5c6ccc7ccccc7c6c6c7ccccc7ccc65)cc4)cc32)cc1. The summed E-state index contributed by atoms with van der Waals surface area (Å²) in [6.45, 7) is 0. The lowest BCUT2D eigenvalue weighted by molar-refractivity contribution is 0.769. The van der Waals surface area contributed by atoms with Crippen LogP contribution in [0, 0.1) is 0 Å². The molecular weight excluding hydrogens is 627 g/mol. The van der Waals surface area contributed by atoms with Gasteiger partial charge in [-0.3, -0.25) is 0 Å². The number of rotatable bonds is 4. The van der Waals surface area contributed by atoms with Gasteiger partial charge in [-0.15, -0.1) is 0 Å². The number of hydrogen-bond acceptors (Lipinski definition) is 0. The van der Waals surface area contributed by atoms with E-state index in [1.165, 1.54) is 87.9 Å². The Balaban J connectivity index is 1.11. The Hall–Kier alpha value is -6.70. The van der Waals surface area contributed by atoms with E-state index in [4.69, 9.17) is 0 Å². The van der Waals surface area contributed by atoms with Crippen molar-refractivity contribution in [3.05, 3.63) is 222 Å². The zero-order valence-electron chi connectivity index (χ0n) is 28.5. The molecular formula is C51H33N. The van der Waals surface area contributed by atoms with Gasteiger partial charge in [-0.25, -0.2) is 0 Å². The monoisotopic (exact) mass is 659 g/mol. The van der Waals surface area contributed by atoms with Gasteiger partial charge in [0.2, 0.25) is 0 Å². The van der Waals surface area contributed by atoms with Crippen molar-refractivity contribution in [3.8, 4) is 27.9 Å². The number of benzene rings is 9. The summed E-state index contributed by atoms with van der Waals surface area (Å²) in [5, 5.41) is 7.72. The fourth-order valence-corrected chi connectivity index (χ4v) is 9.25. The number of hydrogen-bond donors (Lipinski definition) is 0. The van der Waals surface area contributed by atoms with Gasteiger partial charge in [0.25, 0.3) is 0 Å². The quantitative estimate of drug-likeness (QED) is 0.177. The summed E-state index contributed by atoms with van der Waals surface area (Å²) >= 11 is 0. The third-order valence-electron chi connectivity index (χ3n) is 11.5. The van der Waals surface area contributed by atoms with Crippen LogP contribution in [0.3, 0.4) is 0 Å². The van der Waals surface area contributed by atoms with E-state index in [-0.39, 0.29) is 0 Å². The summed E-state index contributed by atoms with van der Waals surface area (Å²) < 4.78 is 2.45. The molecule has 1 aliphatic rings. The lowest BCUT2D eigenvalue weighted by Crippen LogP contribution is -2.28. The van der Waals surface area contributed by atoms with E-state index in [0.717, 1.165) is 5.69 Å². The van der Waals surface area contributed by atoms with Crippen LogP contribution >= 0.6 is 0 Å². The second-order valence-corrected chi connectivity index (χ2v) is 14.0. The molecule has 0 saturated carbocycles. The second kappa shape index (κ2) is 11.2. The molecule has 0 N–H and O–H groups in total. The summed E-state index contributed by atoms with van der Waals surface area (Å²) in [4.78, 5) is 0. The average molecular weight is 660 g/mol. The molecule has 10 aromatic rings. The summed E-state index contributed by atoms with van der Waals surface area (Å²) in [7, 11) is 0. The first-order valence-electron chi connectivity index (χ1n) is 18.1. The van der Waals surface area contributed by atoms with Crippen molar-refractivity contribution in [1.29, 1.82) is 0 Å². The van der Waals surface area contributed by atoms with Crippen molar-refractivity contribution in [2.75, 3.05) is 0 Å². The fraction of sp³-hybridized carbons (Fsp3) is 0.0196. The number of aromatic nitrogens is 1. The highest BCUT2D eigenvalue weighted by Crippen LogP contribution is 2.56. The van der Waals surface area contributed by atoms with E-state index in [0.29, 0.717) is 0 Å². The molecule has 11 rings (SSSR count). The largest absolute Gasteiger partial charge is 0.309 e. The average Bonchev–Trinajstić information content (AvgIpc) is 3.73. The van der Waals surface area contributed by atoms with E-state index < -0.39 is 5.41 Å². The molecule has 0 saturated heterocycles. The van der Waals surface area contributed by atoms with Crippen LogP contribution in [0.2, 0.25) is 0 Å². The molecule has 242 valence electrons. The van der Waals surface area contributed by atoms with Crippen molar-refractivity contribution in [2.45, 2.75) is 5.41 Å². The Labute approximate surface area is 302 Å². The van der Waals surface area contributed by atoms with Crippen LogP contribution in [0.5, 0.6) is 0 Å². The summed E-state index contributed by atoms with van der Waals surface area (Å²) in [5.41, 5.74) is 13.4.